The van der Waals surface area contributed by atoms with E-state index in [0.717, 1.165) is 36.8 Å². The lowest BCUT2D eigenvalue weighted by Gasteiger charge is -2.33. The number of hydrogen-bond donors (Lipinski definition) is 0. The standard InChI is InChI=1S/C20H25N5O2/c1-14(2)19-22-20(27-23-19)17-9-5-6-11-25(17)18(26)10-12-24-13-21-15-7-3-4-8-16(15)24/h3-4,7-8,13-14,17H,5-6,9-12H2,1-2H3. The molecule has 1 aliphatic heterocycles. The van der Waals surface area contributed by atoms with E-state index >= 15 is 0 Å². The Morgan fingerprint density at radius 3 is 2.96 bits per heavy atom. The van der Waals surface area contributed by atoms with E-state index in [1.54, 1.807) is 6.33 Å². The first-order valence-corrected chi connectivity index (χ1v) is 9.66. The van der Waals surface area contributed by atoms with Crippen LogP contribution in [0.3, 0.4) is 0 Å². The van der Waals surface area contributed by atoms with Crippen LogP contribution in [0.25, 0.3) is 11.0 Å². The van der Waals surface area contributed by atoms with Crippen LogP contribution in [-0.2, 0) is 11.3 Å². The van der Waals surface area contributed by atoms with Gasteiger partial charge in [-0.2, -0.15) is 4.98 Å². The van der Waals surface area contributed by atoms with E-state index < -0.39 is 0 Å². The molecule has 0 bridgehead atoms. The van der Waals surface area contributed by atoms with Gasteiger partial charge in [0, 0.05) is 25.4 Å². The summed E-state index contributed by atoms with van der Waals surface area (Å²) in [6.45, 7) is 5.43. The number of para-hydroxylation sites is 2. The summed E-state index contributed by atoms with van der Waals surface area (Å²) >= 11 is 0. The van der Waals surface area contributed by atoms with Crippen molar-refractivity contribution in [3.8, 4) is 0 Å². The smallest absolute Gasteiger partial charge is 0.249 e. The fourth-order valence-electron chi connectivity index (χ4n) is 3.65. The average Bonchev–Trinajstić information content (AvgIpc) is 3.34. The second kappa shape index (κ2) is 7.50. The fourth-order valence-corrected chi connectivity index (χ4v) is 3.65. The number of carbonyl (C=O) groups is 1. The normalized spacial score (nSPS) is 17.7. The largest absolute Gasteiger partial charge is 0.337 e. The van der Waals surface area contributed by atoms with Crippen LogP contribution in [0.4, 0.5) is 0 Å². The number of imidazole rings is 1. The molecule has 27 heavy (non-hydrogen) atoms. The summed E-state index contributed by atoms with van der Waals surface area (Å²) in [5.41, 5.74) is 2.01. The van der Waals surface area contributed by atoms with Crippen molar-refractivity contribution >= 4 is 16.9 Å². The fraction of sp³-hybridized carbons (Fsp3) is 0.500. The average molecular weight is 367 g/mol. The number of amides is 1. The molecule has 0 spiro atoms. The van der Waals surface area contributed by atoms with Gasteiger partial charge in [-0.25, -0.2) is 4.98 Å². The van der Waals surface area contributed by atoms with Gasteiger partial charge in [0.2, 0.25) is 11.8 Å². The van der Waals surface area contributed by atoms with Gasteiger partial charge < -0.3 is 14.0 Å². The van der Waals surface area contributed by atoms with Gasteiger partial charge in [0.25, 0.3) is 0 Å². The van der Waals surface area contributed by atoms with Gasteiger partial charge in [-0.1, -0.05) is 31.1 Å². The van der Waals surface area contributed by atoms with E-state index in [-0.39, 0.29) is 17.9 Å². The maximum atomic E-state index is 13.0. The molecule has 0 N–H and O–H groups in total. The van der Waals surface area contributed by atoms with Gasteiger partial charge in [-0.3, -0.25) is 4.79 Å². The lowest BCUT2D eigenvalue weighted by atomic mass is 10.0. The first kappa shape index (κ1) is 17.7. The summed E-state index contributed by atoms with van der Waals surface area (Å²) < 4.78 is 7.52. The van der Waals surface area contributed by atoms with Crippen molar-refractivity contribution in [2.45, 2.75) is 58.0 Å². The number of nitrogens with zero attached hydrogens (tertiary/aromatic N) is 5. The Kier molecular flexibility index (Phi) is 4.92. The Labute approximate surface area is 158 Å². The van der Waals surface area contributed by atoms with Crippen molar-refractivity contribution in [2.75, 3.05) is 6.54 Å². The highest BCUT2D eigenvalue weighted by Crippen LogP contribution is 2.31. The molecule has 2 aromatic heterocycles. The SMILES string of the molecule is CC(C)c1noc(C2CCCCN2C(=O)CCn2cnc3ccccc32)n1. The summed E-state index contributed by atoms with van der Waals surface area (Å²) in [5.74, 6) is 1.61. The summed E-state index contributed by atoms with van der Waals surface area (Å²) in [4.78, 5) is 23.8. The van der Waals surface area contributed by atoms with Crippen molar-refractivity contribution in [1.82, 2.24) is 24.6 Å². The van der Waals surface area contributed by atoms with Crippen LogP contribution in [0.2, 0.25) is 0 Å². The highest BCUT2D eigenvalue weighted by molar-refractivity contribution is 5.78. The Balaban J connectivity index is 1.47. The van der Waals surface area contributed by atoms with Gasteiger partial charge in [-0.15, -0.1) is 0 Å². The Morgan fingerprint density at radius 2 is 2.15 bits per heavy atom. The van der Waals surface area contributed by atoms with Gasteiger partial charge >= 0.3 is 0 Å². The predicted octanol–water partition coefficient (Wildman–Crippen LogP) is 3.69. The zero-order valence-electron chi connectivity index (χ0n) is 15.8. The molecule has 4 rings (SSSR count). The first-order chi connectivity index (χ1) is 13.1. The van der Waals surface area contributed by atoms with E-state index in [2.05, 4.69) is 15.1 Å². The number of aryl methyl sites for hydroxylation is 1. The molecule has 3 aromatic rings. The predicted molar refractivity (Wildman–Crippen MR) is 101 cm³/mol. The molecule has 0 aliphatic carbocycles. The minimum absolute atomic E-state index is 0.106. The minimum Gasteiger partial charge on any atom is -0.337 e. The number of aromatic nitrogens is 4. The number of carbonyl (C=O) groups excluding carboxylic acids is 1. The molecule has 1 atom stereocenters. The number of piperidine rings is 1. The summed E-state index contributed by atoms with van der Waals surface area (Å²) in [7, 11) is 0. The molecular formula is C20H25N5O2. The summed E-state index contributed by atoms with van der Waals surface area (Å²) in [5, 5.41) is 4.07. The van der Waals surface area contributed by atoms with Gasteiger partial charge in [0.05, 0.1) is 17.4 Å². The maximum absolute atomic E-state index is 13.0. The van der Waals surface area contributed by atoms with Crippen LogP contribution >= 0.6 is 0 Å². The van der Waals surface area contributed by atoms with Crippen molar-refractivity contribution in [1.29, 1.82) is 0 Å². The topological polar surface area (TPSA) is 77.0 Å². The van der Waals surface area contributed by atoms with E-state index in [1.165, 1.54) is 0 Å². The molecule has 1 unspecified atom stereocenters. The molecule has 0 radical (unpaired) electrons. The number of benzene rings is 1. The zero-order chi connectivity index (χ0) is 18.8. The first-order valence-electron chi connectivity index (χ1n) is 9.66. The minimum atomic E-state index is -0.106. The van der Waals surface area contributed by atoms with Crippen molar-refractivity contribution in [2.24, 2.45) is 0 Å². The van der Waals surface area contributed by atoms with Gasteiger partial charge in [-0.05, 0) is 31.4 Å². The number of rotatable bonds is 5. The van der Waals surface area contributed by atoms with Crippen LogP contribution in [0.5, 0.6) is 0 Å². The van der Waals surface area contributed by atoms with Crippen LogP contribution in [0, 0.1) is 0 Å². The van der Waals surface area contributed by atoms with Crippen molar-refractivity contribution in [3.63, 3.8) is 0 Å². The summed E-state index contributed by atoms with van der Waals surface area (Å²) in [6, 6.07) is 7.87. The zero-order valence-corrected chi connectivity index (χ0v) is 15.8. The Hall–Kier alpha value is -2.70. The van der Waals surface area contributed by atoms with Crippen molar-refractivity contribution in [3.05, 3.63) is 42.3 Å². The molecule has 1 saturated heterocycles. The molecule has 7 heteroatoms. The van der Waals surface area contributed by atoms with E-state index in [9.17, 15) is 4.79 Å². The third-order valence-corrected chi connectivity index (χ3v) is 5.18. The van der Waals surface area contributed by atoms with E-state index in [1.807, 2.05) is 47.6 Å². The van der Waals surface area contributed by atoms with Crippen LogP contribution in [0.1, 0.15) is 63.2 Å². The molecular weight excluding hydrogens is 342 g/mol. The second-order valence-electron chi connectivity index (χ2n) is 7.42. The highest BCUT2D eigenvalue weighted by Gasteiger charge is 2.32. The van der Waals surface area contributed by atoms with E-state index in [4.69, 9.17) is 4.52 Å². The Morgan fingerprint density at radius 1 is 1.30 bits per heavy atom. The molecule has 3 heterocycles. The summed E-state index contributed by atoms with van der Waals surface area (Å²) in [6.07, 6.45) is 5.20. The Bertz CT molecular complexity index is 929. The molecule has 1 amide bonds. The van der Waals surface area contributed by atoms with Gasteiger partial charge in [0.1, 0.15) is 6.04 Å². The van der Waals surface area contributed by atoms with Crippen LogP contribution < -0.4 is 0 Å². The third kappa shape index (κ3) is 3.59. The highest BCUT2D eigenvalue weighted by atomic mass is 16.5. The number of fused-ring (bicyclic) bond motifs is 1. The van der Waals surface area contributed by atoms with Crippen LogP contribution in [-0.4, -0.2) is 37.0 Å². The number of likely N-dealkylation sites (tertiary alicyclic amines) is 1. The lowest BCUT2D eigenvalue weighted by Crippen LogP contribution is -2.39. The second-order valence-corrected chi connectivity index (χ2v) is 7.42. The van der Waals surface area contributed by atoms with Crippen molar-refractivity contribution < 1.29 is 9.32 Å². The molecule has 1 fully saturated rings. The third-order valence-electron chi connectivity index (χ3n) is 5.18. The lowest BCUT2D eigenvalue weighted by molar-refractivity contribution is -0.136. The van der Waals surface area contributed by atoms with Gasteiger partial charge in [0.15, 0.2) is 5.82 Å². The molecule has 7 nitrogen and oxygen atoms in total. The molecule has 0 saturated carbocycles. The van der Waals surface area contributed by atoms with Crippen LogP contribution in [0.15, 0.2) is 35.1 Å². The molecule has 142 valence electrons. The number of hydrogen-bond acceptors (Lipinski definition) is 5. The van der Waals surface area contributed by atoms with E-state index in [0.29, 0.717) is 24.7 Å². The molecule has 1 aromatic carbocycles. The molecule has 1 aliphatic rings. The maximum Gasteiger partial charge on any atom is 0.249 e. The quantitative estimate of drug-likeness (QED) is 0.687. The monoisotopic (exact) mass is 367 g/mol.